The number of aryl methyl sites for hydroxylation is 2. The van der Waals surface area contributed by atoms with Gasteiger partial charge in [-0.1, -0.05) is 103 Å². The first-order chi connectivity index (χ1) is 16.6. The van der Waals surface area contributed by atoms with Gasteiger partial charge in [-0.05, 0) is 48.2 Å². The SMILES string of the molecule is Cc1cc(C)c(N2CN3C(=C[C@@H](c4ccccc4)[C@@H]3c3ccccc3)c3ccccc32)c(Cl)c1. The van der Waals surface area contributed by atoms with Crippen LogP contribution in [0.3, 0.4) is 0 Å². The summed E-state index contributed by atoms with van der Waals surface area (Å²) in [5.41, 5.74) is 9.90. The van der Waals surface area contributed by atoms with Crippen molar-refractivity contribution >= 4 is 28.7 Å². The minimum absolute atomic E-state index is 0.207. The Bertz CT molecular complexity index is 1350. The molecule has 4 aromatic rings. The summed E-state index contributed by atoms with van der Waals surface area (Å²) in [7, 11) is 0. The van der Waals surface area contributed by atoms with Crippen molar-refractivity contribution in [2.75, 3.05) is 11.6 Å². The maximum Gasteiger partial charge on any atom is 0.0959 e. The summed E-state index contributed by atoms with van der Waals surface area (Å²) in [6.07, 6.45) is 2.47. The predicted octanol–water partition coefficient (Wildman–Crippen LogP) is 8.25. The number of anilines is 2. The van der Waals surface area contributed by atoms with Gasteiger partial charge >= 0.3 is 0 Å². The number of para-hydroxylation sites is 1. The molecular formula is C31H27ClN2. The van der Waals surface area contributed by atoms with Crippen LogP contribution in [0, 0.1) is 13.8 Å². The molecule has 0 saturated carbocycles. The van der Waals surface area contributed by atoms with Crippen molar-refractivity contribution in [1.29, 1.82) is 0 Å². The zero-order valence-corrected chi connectivity index (χ0v) is 20.2. The van der Waals surface area contributed by atoms with Crippen LogP contribution >= 0.6 is 11.6 Å². The molecule has 0 bridgehead atoms. The third-order valence-electron chi connectivity index (χ3n) is 7.08. The summed E-state index contributed by atoms with van der Waals surface area (Å²) in [6.45, 7) is 5.01. The molecule has 2 atom stereocenters. The summed E-state index contributed by atoms with van der Waals surface area (Å²) in [6, 6.07) is 35.0. The van der Waals surface area contributed by atoms with Gasteiger partial charge in [-0.3, -0.25) is 0 Å². The molecule has 34 heavy (non-hydrogen) atoms. The molecule has 3 heteroatoms. The molecule has 0 radical (unpaired) electrons. The number of fused-ring (bicyclic) bond motifs is 3. The van der Waals surface area contributed by atoms with Crippen molar-refractivity contribution < 1.29 is 0 Å². The summed E-state index contributed by atoms with van der Waals surface area (Å²) in [4.78, 5) is 4.96. The first kappa shape index (κ1) is 21.1. The molecule has 0 aromatic heterocycles. The largest absolute Gasteiger partial charge is 0.345 e. The maximum atomic E-state index is 6.88. The molecule has 0 aliphatic carbocycles. The number of hydrogen-bond donors (Lipinski definition) is 0. The Labute approximate surface area is 206 Å². The van der Waals surface area contributed by atoms with Gasteiger partial charge in [0.25, 0.3) is 0 Å². The highest BCUT2D eigenvalue weighted by Crippen LogP contribution is 2.53. The van der Waals surface area contributed by atoms with Gasteiger partial charge in [-0.25, -0.2) is 0 Å². The van der Waals surface area contributed by atoms with Crippen LogP contribution in [0.4, 0.5) is 11.4 Å². The maximum absolute atomic E-state index is 6.88. The average molecular weight is 463 g/mol. The fourth-order valence-electron chi connectivity index (χ4n) is 5.70. The minimum atomic E-state index is 0.207. The van der Waals surface area contributed by atoms with E-state index in [1.54, 1.807) is 0 Å². The fraction of sp³-hybridized carbons (Fsp3) is 0.161. The lowest BCUT2D eigenvalue weighted by Crippen LogP contribution is -2.40. The monoisotopic (exact) mass is 462 g/mol. The normalized spacial score (nSPS) is 19.0. The van der Waals surface area contributed by atoms with E-state index in [0.717, 1.165) is 17.4 Å². The molecule has 2 nitrogen and oxygen atoms in total. The van der Waals surface area contributed by atoms with E-state index in [1.165, 1.54) is 39.2 Å². The second-order valence-electron chi connectivity index (χ2n) is 9.31. The van der Waals surface area contributed by atoms with Gasteiger partial charge in [-0.2, -0.15) is 0 Å². The molecule has 0 N–H and O–H groups in total. The van der Waals surface area contributed by atoms with Crippen molar-refractivity contribution in [3.8, 4) is 0 Å². The van der Waals surface area contributed by atoms with Gasteiger partial charge in [-0.15, -0.1) is 0 Å². The lowest BCUT2D eigenvalue weighted by Gasteiger charge is -2.43. The van der Waals surface area contributed by atoms with E-state index < -0.39 is 0 Å². The number of benzene rings is 4. The van der Waals surface area contributed by atoms with E-state index in [4.69, 9.17) is 11.6 Å². The summed E-state index contributed by atoms with van der Waals surface area (Å²) in [5.74, 6) is 0.265. The molecule has 2 heterocycles. The third kappa shape index (κ3) is 3.41. The van der Waals surface area contributed by atoms with Crippen LogP contribution in [0.15, 0.2) is 103 Å². The third-order valence-corrected chi connectivity index (χ3v) is 7.37. The van der Waals surface area contributed by atoms with E-state index in [-0.39, 0.29) is 12.0 Å². The summed E-state index contributed by atoms with van der Waals surface area (Å²) >= 11 is 6.88. The van der Waals surface area contributed by atoms with E-state index >= 15 is 0 Å². The van der Waals surface area contributed by atoms with E-state index in [1.807, 2.05) is 0 Å². The standard InChI is InChI=1S/C31H27ClN2/c1-21-17-22(2)30(27(32)18-21)33-20-34-29(25-15-9-10-16-28(25)33)19-26(23-11-5-3-6-12-23)31(34)24-13-7-4-8-14-24/h3-19,26,31H,20H2,1-2H3/t26-,31-/m0/s1. The Morgan fingerprint density at radius 3 is 2.12 bits per heavy atom. The van der Waals surface area contributed by atoms with Crippen molar-refractivity contribution in [1.82, 2.24) is 4.90 Å². The van der Waals surface area contributed by atoms with Crippen LogP contribution in [-0.4, -0.2) is 11.6 Å². The highest BCUT2D eigenvalue weighted by Gasteiger charge is 2.41. The van der Waals surface area contributed by atoms with Gasteiger partial charge in [0.1, 0.15) is 0 Å². The highest BCUT2D eigenvalue weighted by atomic mass is 35.5. The number of nitrogens with zero attached hydrogens (tertiary/aromatic N) is 2. The molecule has 0 fully saturated rings. The lowest BCUT2D eigenvalue weighted by atomic mass is 9.88. The van der Waals surface area contributed by atoms with Crippen LogP contribution in [0.5, 0.6) is 0 Å². The molecule has 0 unspecified atom stereocenters. The summed E-state index contributed by atoms with van der Waals surface area (Å²) < 4.78 is 0. The number of hydrogen-bond acceptors (Lipinski definition) is 2. The van der Waals surface area contributed by atoms with E-state index in [9.17, 15) is 0 Å². The number of halogens is 1. The molecular weight excluding hydrogens is 436 g/mol. The van der Waals surface area contributed by atoms with Crippen LogP contribution in [-0.2, 0) is 0 Å². The van der Waals surface area contributed by atoms with Crippen molar-refractivity contribution in [3.63, 3.8) is 0 Å². The van der Waals surface area contributed by atoms with Gasteiger partial charge in [0.05, 0.1) is 29.1 Å². The zero-order valence-electron chi connectivity index (χ0n) is 19.4. The van der Waals surface area contributed by atoms with Crippen LogP contribution in [0.2, 0.25) is 5.02 Å². The Kier molecular flexibility index (Phi) is 5.19. The molecule has 2 aliphatic rings. The Morgan fingerprint density at radius 2 is 1.41 bits per heavy atom. The molecule has 0 spiro atoms. The fourth-order valence-corrected chi connectivity index (χ4v) is 6.12. The molecule has 4 aromatic carbocycles. The second kappa shape index (κ2) is 8.38. The highest BCUT2D eigenvalue weighted by molar-refractivity contribution is 6.33. The Hall–Kier alpha value is -3.49. The van der Waals surface area contributed by atoms with Gasteiger partial charge in [0, 0.05) is 17.2 Å². The average Bonchev–Trinajstić information content (AvgIpc) is 3.24. The van der Waals surface area contributed by atoms with Crippen LogP contribution in [0.25, 0.3) is 5.70 Å². The molecule has 6 rings (SSSR count). The van der Waals surface area contributed by atoms with Gasteiger partial charge < -0.3 is 9.80 Å². The second-order valence-corrected chi connectivity index (χ2v) is 9.72. The smallest absolute Gasteiger partial charge is 0.0959 e. The molecule has 168 valence electrons. The van der Waals surface area contributed by atoms with Gasteiger partial charge in [0.2, 0.25) is 0 Å². The van der Waals surface area contributed by atoms with E-state index in [0.29, 0.717) is 0 Å². The Morgan fingerprint density at radius 1 is 0.765 bits per heavy atom. The molecule has 0 saturated heterocycles. The minimum Gasteiger partial charge on any atom is -0.345 e. The van der Waals surface area contributed by atoms with Crippen molar-refractivity contribution in [3.05, 3.63) is 136 Å². The topological polar surface area (TPSA) is 6.48 Å². The molecule has 0 amide bonds. The van der Waals surface area contributed by atoms with Crippen molar-refractivity contribution in [2.24, 2.45) is 0 Å². The first-order valence-corrected chi connectivity index (χ1v) is 12.2. The zero-order chi connectivity index (χ0) is 23.2. The van der Waals surface area contributed by atoms with Crippen molar-refractivity contribution in [2.45, 2.75) is 25.8 Å². The lowest BCUT2D eigenvalue weighted by molar-refractivity contribution is 0.302. The predicted molar refractivity (Wildman–Crippen MR) is 143 cm³/mol. The molecule has 2 aliphatic heterocycles. The summed E-state index contributed by atoms with van der Waals surface area (Å²) in [5, 5.41) is 0.801. The quantitative estimate of drug-likeness (QED) is 0.302. The van der Waals surface area contributed by atoms with Crippen LogP contribution < -0.4 is 4.90 Å². The van der Waals surface area contributed by atoms with E-state index in [2.05, 4.69) is 127 Å². The number of rotatable bonds is 3. The van der Waals surface area contributed by atoms with Gasteiger partial charge in [0.15, 0.2) is 0 Å². The van der Waals surface area contributed by atoms with Crippen LogP contribution in [0.1, 0.15) is 39.8 Å². The first-order valence-electron chi connectivity index (χ1n) is 11.8. The Balaban J connectivity index is 1.54.